The molecule has 2 aromatic carbocycles. The Balaban J connectivity index is 1.71. The van der Waals surface area contributed by atoms with Crippen molar-refractivity contribution >= 4 is 21.6 Å². The average Bonchev–Trinajstić information content (AvgIpc) is 2.56. The third kappa shape index (κ3) is 3.58. The van der Waals surface area contributed by atoms with E-state index < -0.39 is 16.1 Å². The zero-order chi connectivity index (χ0) is 17.2. The van der Waals surface area contributed by atoms with E-state index in [2.05, 4.69) is 10.0 Å². The van der Waals surface area contributed by atoms with Gasteiger partial charge in [-0.3, -0.25) is 4.79 Å². The number of carbonyl (C=O) groups is 1. The Morgan fingerprint density at radius 1 is 1.17 bits per heavy atom. The van der Waals surface area contributed by atoms with Gasteiger partial charge in [-0.05, 0) is 37.1 Å². The number of fused-ring (bicyclic) bond motifs is 1. The van der Waals surface area contributed by atoms with Crippen LogP contribution >= 0.6 is 0 Å². The highest BCUT2D eigenvalue weighted by Gasteiger charge is 2.25. The molecule has 1 aliphatic heterocycles. The molecule has 0 saturated heterocycles. The van der Waals surface area contributed by atoms with E-state index in [0.717, 1.165) is 5.56 Å². The van der Waals surface area contributed by atoms with Gasteiger partial charge in [0.05, 0.1) is 10.6 Å². The van der Waals surface area contributed by atoms with Crippen LogP contribution in [0.15, 0.2) is 53.4 Å². The van der Waals surface area contributed by atoms with E-state index in [1.165, 1.54) is 12.1 Å². The van der Waals surface area contributed by atoms with E-state index >= 15 is 0 Å². The number of benzene rings is 2. The van der Waals surface area contributed by atoms with Crippen LogP contribution in [-0.4, -0.2) is 27.0 Å². The zero-order valence-corrected chi connectivity index (χ0v) is 14.0. The van der Waals surface area contributed by atoms with Gasteiger partial charge >= 0.3 is 0 Å². The van der Waals surface area contributed by atoms with Crippen molar-refractivity contribution in [1.29, 1.82) is 0 Å². The zero-order valence-electron chi connectivity index (χ0n) is 13.2. The van der Waals surface area contributed by atoms with Gasteiger partial charge in [-0.25, -0.2) is 13.1 Å². The maximum atomic E-state index is 12.4. The lowest BCUT2D eigenvalue weighted by molar-refractivity contribution is -0.122. The van der Waals surface area contributed by atoms with Gasteiger partial charge in [0.2, 0.25) is 10.0 Å². The van der Waals surface area contributed by atoms with Crippen molar-refractivity contribution in [3.8, 4) is 5.75 Å². The SMILES string of the molecule is C[C@H]1Oc2ccc(S(=O)(=O)NCCc3ccccc3)cc2NC1=O. The highest BCUT2D eigenvalue weighted by Crippen LogP contribution is 2.31. The van der Waals surface area contributed by atoms with Crippen LogP contribution < -0.4 is 14.8 Å². The van der Waals surface area contributed by atoms with E-state index in [4.69, 9.17) is 4.74 Å². The summed E-state index contributed by atoms with van der Waals surface area (Å²) in [5.41, 5.74) is 1.42. The quantitative estimate of drug-likeness (QED) is 0.866. The minimum Gasteiger partial charge on any atom is -0.479 e. The average molecular weight is 346 g/mol. The first-order valence-corrected chi connectivity index (χ1v) is 9.09. The van der Waals surface area contributed by atoms with Crippen LogP contribution in [0.4, 0.5) is 5.69 Å². The van der Waals surface area contributed by atoms with Crippen molar-refractivity contribution in [1.82, 2.24) is 4.72 Å². The second kappa shape index (κ2) is 6.62. The summed E-state index contributed by atoms with van der Waals surface area (Å²) in [5, 5.41) is 2.65. The van der Waals surface area contributed by atoms with Crippen molar-refractivity contribution in [2.75, 3.05) is 11.9 Å². The molecule has 0 bridgehead atoms. The molecule has 0 radical (unpaired) electrons. The number of amides is 1. The van der Waals surface area contributed by atoms with Gasteiger partial charge in [0, 0.05) is 6.54 Å². The maximum absolute atomic E-state index is 12.4. The van der Waals surface area contributed by atoms with Gasteiger partial charge in [0.15, 0.2) is 6.10 Å². The molecule has 1 heterocycles. The van der Waals surface area contributed by atoms with E-state index in [0.29, 0.717) is 24.4 Å². The normalized spacial score (nSPS) is 16.9. The Kier molecular flexibility index (Phi) is 4.55. The molecular weight excluding hydrogens is 328 g/mol. The minimum atomic E-state index is -3.65. The molecule has 2 aromatic rings. The second-order valence-electron chi connectivity index (χ2n) is 5.54. The topological polar surface area (TPSA) is 84.5 Å². The van der Waals surface area contributed by atoms with Gasteiger partial charge in [0.1, 0.15) is 5.75 Å². The van der Waals surface area contributed by atoms with Crippen LogP contribution in [-0.2, 0) is 21.2 Å². The summed E-state index contributed by atoms with van der Waals surface area (Å²) in [7, 11) is -3.65. The Labute approximate surface area is 140 Å². The summed E-state index contributed by atoms with van der Waals surface area (Å²) < 4.78 is 32.8. The summed E-state index contributed by atoms with van der Waals surface area (Å²) >= 11 is 0. The summed E-state index contributed by atoms with van der Waals surface area (Å²) in [4.78, 5) is 11.7. The predicted molar refractivity (Wildman–Crippen MR) is 90.5 cm³/mol. The standard InChI is InChI=1S/C17H18N2O4S/c1-12-17(20)19-15-11-14(7-8-16(15)23-12)24(21,22)18-10-9-13-5-3-2-4-6-13/h2-8,11-12,18H,9-10H2,1H3,(H,19,20)/t12-/m1/s1. The monoisotopic (exact) mass is 346 g/mol. The smallest absolute Gasteiger partial charge is 0.265 e. The van der Waals surface area contributed by atoms with Crippen molar-refractivity contribution in [2.24, 2.45) is 0 Å². The lowest BCUT2D eigenvalue weighted by Gasteiger charge is -2.23. The number of hydrogen-bond acceptors (Lipinski definition) is 4. The van der Waals surface area contributed by atoms with Gasteiger partial charge in [-0.1, -0.05) is 30.3 Å². The molecule has 0 fully saturated rings. The van der Waals surface area contributed by atoms with Crippen molar-refractivity contribution in [2.45, 2.75) is 24.3 Å². The highest BCUT2D eigenvalue weighted by atomic mass is 32.2. The van der Waals surface area contributed by atoms with Gasteiger partial charge in [-0.2, -0.15) is 0 Å². The number of hydrogen-bond donors (Lipinski definition) is 2. The van der Waals surface area contributed by atoms with Crippen LogP contribution in [0.1, 0.15) is 12.5 Å². The molecule has 126 valence electrons. The maximum Gasteiger partial charge on any atom is 0.265 e. The first-order chi connectivity index (χ1) is 11.5. The lowest BCUT2D eigenvalue weighted by atomic mass is 10.2. The summed E-state index contributed by atoms with van der Waals surface area (Å²) in [6.07, 6.45) is 0.00602. The highest BCUT2D eigenvalue weighted by molar-refractivity contribution is 7.89. The molecule has 2 N–H and O–H groups in total. The predicted octanol–water partition coefficient (Wildman–Crippen LogP) is 1.93. The third-order valence-corrected chi connectivity index (χ3v) is 5.20. The summed E-state index contributed by atoms with van der Waals surface area (Å²) in [6, 6.07) is 14.1. The van der Waals surface area contributed by atoms with E-state index in [9.17, 15) is 13.2 Å². The number of ether oxygens (including phenoxy) is 1. The molecule has 0 saturated carbocycles. The fourth-order valence-corrected chi connectivity index (χ4v) is 3.47. The van der Waals surface area contributed by atoms with Crippen molar-refractivity contribution in [3.05, 3.63) is 54.1 Å². The molecule has 1 amide bonds. The minimum absolute atomic E-state index is 0.0905. The molecule has 0 unspecified atom stereocenters. The molecule has 1 aliphatic rings. The first-order valence-electron chi connectivity index (χ1n) is 7.61. The van der Waals surface area contributed by atoms with Crippen LogP contribution in [0.2, 0.25) is 0 Å². The molecule has 1 atom stereocenters. The number of nitrogens with one attached hydrogen (secondary N) is 2. The van der Waals surface area contributed by atoms with Gasteiger partial charge in [0.25, 0.3) is 5.91 Å². The Bertz CT molecular complexity index is 850. The van der Waals surface area contributed by atoms with E-state index in [1.807, 2.05) is 30.3 Å². The number of carbonyl (C=O) groups excluding carboxylic acids is 1. The van der Waals surface area contributed by atoms with Crippen LogP contribution in [0.5, 0.6) is 5.75 Å². The molecule has 3 rings (SSSR count). The molecule has 24 heavy (non-hydrogen) atoms. The second-order valence-corrected chi connectivity index (χ2v) is 7.31. The number of rotatable bonds is 5. The van der Waals surface area contributed by atoms with Gasteiger partial charge in [-0.15, -0.1) is 0 Å². The largest absolute Gasteiger partial charge is 0.479 e. The van der Waals surface area contributed by atoms with Crippen LogP contribution in [0.25, 0.3) is 0 Å². The van der Waals surface area contributed by atoms with Crippen LogP contribution in [0.3, 0.4) is 0 Å². The Morgan fingerprint density at radius 3 is 2.67 bits per heavy atom. The first kappa shape index (κ1) is 16.5. The molecule has 0 spiro atoms. The third-order valence-electron chi connectivity index (χ3n) is 3.74. The fraction of sp³-hybridized carbons (Fsp3) is 0.235. The van der Waals surface area contributed by atoms with Crippen LogP contribution in [0, 0.1) is 0 Å². The van der Waals surface area contributed by atoms with Crippen molar-refractivity contribution < 1.29 is 17.9 Å². The fourth-order valence-electron chi connectivity index (χ4n) is 2.41. The van der Waals surface area contributed by atoms with E-state index in [1.54, 1.807) is 13.0 Å². The van der Waals surface area contributed by atoms with E-state index in [-0.39, 0.29) is 10.8 Å². The molecule has 0 aromatic heterocycles. The summed E-state index contributed by atoms with van der Waals surface area (Å²) in [6.45, 7) is 1.93. The number of anilines is 1. The Hall–Kier alpha value is -2.38. The van der Waals surface area contributed by atoms with Crippen molar-refractivity contribution in [3.63, 3.8) is 0 Å². The Morgan fingerprint density at radius 2 is 1.92 bits per heavy atom. The molecular formula is C17H18N2O4S. The molecule has 6 nitrogen and oxygen atoms in total. The number of sulfonamides is 1. The lowest BCUT2D eigenvalue weighted by Crippen LogP contribution is -2.34. The summed E-state index contributed by atoms with van der Waals surface area (Å²) in [5.74, 6) is 0.166. The molecule has 0 aliphatic carbocycles. The van der Waals surface area contributed by atoms with Gasteiger partial charge < -0.3 is 10.1 Å². The molecule has 7 heteroatoms.